The van der Waals surface area contributed by atoms with E-state index in [9.17, 15) is 9.90 Å². The zero-order chi connectivity index (χ0) is 26.2. The van der Waals surface area contributed by atoms with Crippen LogP contribution in [-0.2, 0) is 11.2 Å². The molecule has 2 aliphatic heterocycles. The number of ether oxygens (including phenoxy) is 1. The number of nitrogens with one attached hydrogen (secondary N) is 1. The number of amides is 1. The number of rotatable bonds is 9. The van der Waals surface area contributed by atoms with Crippen LogP contribution in [0.2, 0.25) is 0 Å². The van der Waals surface area contributed by atoms with Gasteiger partial charge in [-0.2, -0.15) is 0 Å². The van der Waals surface area contributed by atoms with Crippen molar-refractivity contribution in [1.29, 1.82) is 0 Å². The summed E-state index contributed by atoms with van der Waals surface area (Å²) in [4.78, 5) is 17.6. The lowest BCUT2D eigenvalue weighted by Gasteiger charge is -2.34. The summed E-state index contributed by atoms with van der Waals surface area (Å²) < 4.78 is 5.66. The van der Waals surface area contributed by atoms with Gasteiger partial charge in [0.1, 0.15) is 17.8 Å². The first-order valence-electron chi connectivity index (χ1n) is 13.4. The van der Waals surface area contributed by atoms with Crippen LogP contribution in [0, 0.1) is 0 Å². The molecular weight excluding hydrogens is 474 g/mol. The topological polar surface area (TPSA) is 65.0 Å². The maximum Gasteiger partial charge on any atom is 0.251 e. The van der Waals surface area contributed by atoms with Crippen molar-refractivity contribution < 1.29 is 14.6 Å². The molecule has 5 rings (SSSR count). The van der Waals surface area contributed by atoms with Crippen LogP contribution in [0.4, 0.5) is 0 Å². The number of benzene rings is 3. The Morgan fingerprint density at radius 1 is 0.947 bits per heavy atom. The summed E-state index contributed by atoms with van der Waals surface area (Å²) in [6.45, 7) is 4.45. The number of piperidine rings is 1. The molecule has 3 aromatic carbocycles. The van der Waals surface area contributed by atoms with E-state index in [-0.39, 0.29) is 11.7 Å². The third kappa shape index (κ3) is 6.64. The molecule has 3 aromatic rings. The summed E-state index contributed by atoms with van der Waals surface area (Å²) in [7, 11) is 0. The lowest BCUT2D eigenvalue weighted by molar-refractivity contribution is 0.0951. The van der Waals surface area contributed by atoms with Gasteiger partial charge in [-0.15, -0.1) is 0 Å². The molecule has 196 valence electrons. The van der Waals surface area contributed by atoms with Crippen LogP contribution in [0.1, 0.15) is 45.8 Å². The molecule has 0 unspecified atom stereocenters. The van der Waals surface area contributed by atoms with Crippen molar-refractivity contribution in [2.24, 2.45) is 0 Å². The minimum absolute atomic E-state index is 0.0207. The van der Waals surface area contributed by atoms with E-state index in [1.54, 1.807) is 18.4 Å². The highest BCUT2D eigenvalue weighted by molar-refractivity contribution is 5.95. The first-order chi connectivity index (χ1) is 18.7. The van der Waals surface area contributed by atoms with E-state index >= 15 is 0 Å². The molecule has 0 bridgehead atoms. The molecule has 1 amide bonds. The second-order valence-electron chi connectivity index (χ2n) is 9.88. The first-order valence-corrected chi connectivity index (χ1v) is 13.4. The Morgan fingerprint density at radius 2 is 1.74 bits per heavy atom. The van der Waals surface area contributed by atoms with Crippen LogP contribution >= 0.6 is 0 Å². The standard InChI is InChI=1S/C32H35N3O3/c36-28-10-6-9-27(23-28)31-24-35(21-22-38-31)20-19-34-17-14-26(15-18-34)29-11-4-5-12-30(29)32(37)33-16-13-25-7-2-1-3-8-25/h1-12,21-24,26,36H,13-20H2,(H,33,37). The fraction of sp³-hybridized carbons (Fsp3) is 0.281. The molecule has 2 N–H and O–H groups in total. The van der Waals surface area contributed by atoms with Gasteiger partial charge in [0.15, 0.2) is 0 Å². The van der Waals surface area contributed by atoms with E-state index in [2.05, 4.69) is 33.3 Å². The Kier molecular flexibility index (Phi) is 8.41. The summed E-state index contributed by atoms with van der Waals surface area (Å²) >= 11 is 0. The van der Waals surface area contributed by atoms with E-state index in [0.717, 1.165) is 62.3 Å². The molecular formula is C32H35N3O3. The Hall–Kier alpha value is -4.03. The zero-order valence-electron chi connectivity index (χ0n) is 21.6. The summed E-state index contributed by atoms with van der Waals surface area (Å²) in [5.41, 5.74) is 4.05. The molecule has 6 heteroatoms. The molecule has 1 fully saturated rings. The molecule has 0 saturated carbocycles. The normalized spacial score (nSPS) is 16.1. The highest BCUT2D eigenvalue weighted by Gasteiger charge is 2.24. The lowest BCUT2D eigenvalue weighted by atomic mass is 9.86. The second kappa shape index (κ2) is 12.5. The van der Waals surface area contributed by atoms with Gasteiger partial charge in [0, 0.05) is 43.2 Å². The second-order valence-corrected chi connectivity index (χ2v) is 9.88. The van der Waals surface area contributed by atoms with Crippen molar-refractivity contribution in [2.45, 2.75) is 25.2 Å². The molecule has 0 atom stereocenters. The number of aromatic hydroxyl groups is 1. The van der Waals surface area contributed by atoms with E-state index in [0.29, 0.717) is 12.5 Å². The predicted octanol–water partition coefficient (Wildman–Crippen LogP) is 5.35. The molecule has 1 saturated heterocycles. The maximum atomic E-state index is 13.0. The SMILES string of the molecule is O=C(NCCc1ccccc1)c1ccccc1C1CCN(CCN2C=COC(c3cccc(O)c3)=C2)CC1. The maximum absolute atomic E-state index is 13.0. The van der Waals surface area contributed by atoms with Crippen LogP contribution in [0.3, 0.4) is 0 Å². The van der Waals surface area contributed by atoms with Gasteiger partial charge >= 0.3 is 0 Å². The number of likely N-dealkylation sites (tertiary alicyclic amines) is 1. The van der Waals surface area contributed by atoms with Crippen molar-refractivity contribution in [3.05, 3.63) is 120 Å². The number of hydrogen-bond donors (Lipinski definition) is 2. The average molecular weight is 510 g/mol. The molecule has 2 heterocycles. The van der Waals surface area contributed by atoms with E-state index in [1.165, 1.54) is 11.1 Å². The number of phenols is 1. The molecule has 2 aliphatic rings. The van der Waals surface area contributed by atoms with Gasteiger partial charge in [0.25, 0.3) is 5.91 Å². The minimum atomic E-state index is 0.0207. The molecule has 0 spiro atoms. The predicted molar refractivity (Wildman–Crippen MR) is 150 cm³/mol. The van der Waals surface area contributed by atoms with Crippen molar-refractivity contribution in [2.75, 3.05) is 32.7 Å². The smallest absolute Gasteiger partial charge is 0.251 e. The summed E-state index contributed by atoms with van der Waals surface area (Å²) in [5.74, 6) is 1.36. The number of carbonyl (C=O) groups is 1. The van der Waals surface area contributed by atoms with Crippen LogP contribution in [0.25, 0.3) is 5.76 Å². The Labute approximate surface area is 224 Å². The van der Waals surface area contributed by atoms with Crippen molar-refractivity contribution in [1.82, 2.24) is 15.1 Å². The van der Waals surface area contributed by atoms with E-state index in [1.807, 2.05) is 60.9 Å². The number of nitrogens with zero attached hydrogens (tertiary/aromatic N) is 2. The Morgan fingerprint density at radius 3 is 2.55 bits per heavy atom. The van der Waals surface area contributed by atoms with Crippen molar-refractivity contribution in [3.63, 3.8) is 0 Å². The first kappa shape index (κ1) is 25.6. The van der Waals surface area contributed by atoms with Crippen LogP contribution in [-0.4, -0.2) is 53.5 Å². The third-order valence-corrected chi connectivity index (χ3v) is 7.31. The van der Waals surface area contributed by atoms with Gasteiger partial charge in [-0.1, -0.05) is 60.7 Å². The fourth-order valence-electron chi connectivity index (χ4n) is 5.19. The van der Waals surface area contributed by atoms with Gasteiger partial charge in [-0.25, -0.2) is 0 Å². The Balaban J connectivity index is 1.11. The number of hydrogen-bond acceptors (Lipinski definition) is 5. The van der Waals surface area contributed by atoms with Gasteiger partial charge in [-0.3, -0.25) is 4.79 Å². The quantitative estimate of drug-likeness (QED) is 0.407. The minimum Gasteiger partial charge on any atom is -0.508 e. The summed E-state index contributed by atoms with van der Waals surface area (Å²) in [5, 5.41) is 12.9. The average Bonchev–Trinajstić information content (AvgIpc) is 2.97. The van der Waals surface area contributed by atoms with Crippen LogP contribution in [0.15, 0.2) is 97.5 Å². The van der Waals surface area contributed by atoms with Crippen LogP contribution in [0.5, 0.6) is 5.75 Å². The van der Waals surface area contributed by atoms with E-state index in [4.69, 9.17) is 4.74 Å². The number of carbonyl (C=O) groups excluding carboxylic acids is 1. The van der Waals surface area contributed by atoms with Gasteiger partial charge in [-0.05, 0) is 67.6 Å². The monoisotopic (exact) mass is 509 g/mol. The summed E-state index contributed by atoms with van der Waals surface area (Å²) in [6.07, 6.45) is 8.51. The highest BCUT2D eigenvalue weighted by atomic mass is 16.5. The lowest BCUT2D eigenvalue weighted by Crippen LogP contribution is -2.38. The van der Waals surface area contributed by atoms with Gasteiger partial charge in [0.05, 0.1) is 0 Å². The molecule has 0 aromatic heterocycles. The van der Waals surface area contributed by atoms with E-state index < -0.39 is 0 Å². The zero-order valence-corrected chi connectivity index (χ0v) is 21.6. The summed E-state index contributed by atoms with van der Waals surface area (Å²) in [6, 6.07) is 25.4. The molecule has 38 heavy (non-hydrogen) atoms. The van der Waals surface area contributed by atoms with Gasteiger partial charge in [0.2, 0.25) is 0 Å². The van der Waals surface area contributed by atoms with Crippen LogP contribution < -0.4 is 5.32 Å². The Bertz CT molecular complexity index is 1280. The van der Waals surface area contributed by atoms with Gasteiger partial charge < -0.3 is 25.0 Å². The highest BCUT2D eigenvalue weighted by Crippen LogP contribution is 2.30. The molecule has 6 nitrogen and oxygen atoms in total. The van der Waals surface area contributed by atoms with Crippen molar-refractivity contribution in [3.8, 4) is 5.75 Å². The largest absolute Gasteiger partial charge is 0.508 e. The number of phenolic OH excluding ortho intramolecular Hbond substituents is 1. The molecule has 0 radical (unpaired) electrons. The van der Waals surface area contributed by atoms with Crippen molar-refractivity contribution >= 4 is 11.7 Å². The fourth-order valence-corrected chi connectivity index (χ4v) is 5.19. The molecule has 0 aliphatic carbocycles. The third-order valence-electron chi connectivity index (χ3n) is 7.31.